The van der Waals surface area contributed by atoms with Crippen molar-refractivity contribution in [3.05, 3.63) is 12.7 Å². The molecule has 13 nitrogen and oxygen atoms in total. The number of carbonyl (C=O) groups excluding carboxylic acids is 6. The number of piperidine rings is 1. The SMILES string of the molecule is C=CCNC(=O)C(=O)C(CCCC)NC(=O)C1[C@H]2CC2CN1C(=O)C(NC(=O)N[C@H](COC(=O)NC(C)C)C(C)(C)C)C1(C)CCCCC1. The Bertz CT molecular complexity index is 1220. The number of ketones is 1. The van der Waals surface area contributed by atoms with E-state index in [9.17, 15) is 28.8 Å². The second-order valence-corrected chi connectivity index (χ2v) is 15.7. The van der Waals surface area contributed by atoms with E-state index < -0.39 is 64.7 Å². The Morgan fingerprint density at radius 1 is 1.00 bits per heavy atom. The second kappa shape index (κ2) is 17.3. The van der Waals surface area contributed by atoms with Crippen LogP contribution in [0.2, 0.25) is 0 Å². The molecule has 49 heavy (non-hydrogen) atoms. The average Bonchev–Trinajstić information content (AvgIpc) is 3.69. The largest absolute Gasteiger partial charge is 0.447 e. The Morgan fingerprint density at radius 3 is 2.27 bits per heavy atom. The van der Waals surface area contributed by atoms with E-state index in [2.05, 4.69) is 33.2 Å². The standard InChI is InChI=1S/C36H60N6O7/c1-9-11-15-25(28(43)31(45)37-18-10-2)39-30(44)27-24-19-23(24)20-42(27)32(46)29(36(8)16-13-12-14-17-36)41-33(47)40-26(35(5,6)7)21-49-34(48)38-22(3)4/h10,22-27,29H,2,9,11-21H2,1,3-8H3,(H,37,45)(H,38,48)(H,39,44)(H2,40,41,47)/t23?,24-,25?,26+,27?,29?/m0/s1. The predicted molar refractivity (Wildman–Crippen MR) is 186 cm³/mol. The van der Waals surface area contributed by atoms with Crippen molar-refractivity contribution >= 4 is 35.6 Å². The maximum atomic E-state index is 14.6. The first kappa shape index (κ1) is 39.8. The zero-order chi connectivity index (χ0) is 36.5. The lowest BCUT2D eigenvalue weighted by Crippen LogP contribution is -2.63. The molecule has 1 aliphatic heterocycles. The monoisotopic (exact) mass is 688 g/mol. The van der Waals surface area contributed by atoms with Gasteiger partial charge < -0.3 is 36.2 Å². The van der Waals surface area contributed by atoms with Gasteiger partial charge >= 0.3 is 12.1 Å². The molecule has 0 aromatic heterocycles. The number of alkyl carbamates (subject to hydrolysis) is 1. The van der Waals surface area contributed by atoms with E-state index in [-0.39, 0.29) is 36.9 Å². The molecule has 0 radical (unpaired) electrons. The average molecular weight is 689 g/mol. The molecule has 13 heteroatoms. The lowest BCUT2D eigenvalue weighted by Gasteiger charge is -2.43. The quantitative estimate of drug-likeness (QED) is 0.122. The summed E-state index contributed by atoms with van der Waals surface area (Å²) in [5, 5.41) is 13.9. The summed E-state index contributed by atoms with van der Waals surface area (Å²) in [6.07, 6.45) is 7.72. The predicted octanol–water partition coefficient (Wildman–Crippen LogP) is 3.57. The number of Topliss-reactive ketones (excluding diaryl/α,β-unsaturated/α-hetero) is 1. The normalized spacial score (nSPS) is 22.9. The highest BCUT2D eigenvalue weighted by molar-refractivity contribution is 6.38. The van der Waals surface area contributed by atoms with Gasteiger partial charge in [0.1, 0.15) is 18.7 Å². The van der Waals surface area contributed by atoms with Crippen molar-refractivity contribution in [3.63, 3.8) is 0 Å². The highest BCUT2D eigenvalue weighted by atomic mass is 16.5. The Labute approximate surface area is 291 Å². The van der Waals surface area contributed by atoms with Crippen LogP contribution in [0.4, 0.5) is 9.59 Å². The number of amides is 6. The number of fused-ring (bicyclic) bond motifs is 1. The number of likely N-dealkylation sites (tertiary alicyclic amines) is 1. The van der Waals surface area contributed by atoms with Gasteiger partial charge in [0.15, 0.2) is 0 Å². The van der Waals surface area contributed by atoms with Gasteiger partial charge in [0.05, 0.1) is 12.1 Å². The summed E-state index contributed by atoms with van der Waals surface area (Å²) in [7, 11) is 0. The molecule has 6 atom stereocenters. The van der Waals surface area contributed by atoms with Crippen LogP contribution in [0.15, 0.2) is 12.7 Å². The van der Waals surface area contributed by atoms with Crippen molar-refractivity contribution in [3.8, 4) is 0 Å². The minimum Gasteiger partial charge on any atom is -0.447 e. The van der Waals surface area contributed by atoms with Crippen molar-refractivity contribution < 1.29 is 33.5 Å². The van der Waals surface area contributed by atoms with Gasteiger partial charge in [0.2, 0.25) is 17.6 Å². The fraction of sp³-hybridized carbons (Fsp3) is 0.778. The Hall–Kier alpha value is -3.64. The van der Waals surface area contributed by atoms with Crippen LogP contribution in [0.25, 0.3) is 0 Å². The topological polar surface area (TPSA) is 175 Å². The van der Waals surface area contributed by atoms with Gasteiger partial charge in [-0.2, -0.15) is 0 Å². The molecule has 4 unspecified atom stereocenters. The van der Waals surface area contributed by atoms with Crippen molar-refractivity contribution in [1.82, 2.24) is 31.5 Å². The third-order valence-electron chi connectivity index (χ3n) is 10.2. The van der Waals surface area contributed by atoms with Crippen molar-refractivity contribution in [1.29, 1.82) is 0 Å². The molecule has 2 saturated carbocycles. The molecule has 1 saturated heterocycles. The van der Waals surface area contributed by atoms with Gasteiger partial charge in [0, 0.05) is 19.1 Å². The van der Waals surface area contributed by atoms with Crippen LogP contribution in [-0.2, 0) is 23.9 Å². The van der Waals surface area contributed by atoms with Crippen LogP contribution in [0.5, 0.6) is 0 Å². The van der Waals surface area contributed by atoms with Gasteiger partial charge in [-0.25, -0.2) is 9.59 Å². The summed E-state index contributed by atoms with van der Waals surface area (Å²) in [4.78, 5) is 81.5. The molecule has 3 aliphatic rings. The van der Waals surface area contributed by atoms with Gasteiger partial charge in [-0.1, -0.05) is 72.8 Å². The summed E-state index contributed by atoms with van der Waals surface area (Å²) in [6.45, 7) is 17.4. The lowest BCUT2D eigenvalue weighted by atomic mass is 9.70. The van der Waals surface area contributed by atoms with Gasteiger partial charge in [-0.05, 0) is 62.2 Å². The zero-order valence-electron chi connectivity index (χ0n) is 30.6. The van der Waals surface area contributed by atoms with Crippen molar-refractivity contribution in [2.24, 2.45) is 22.7 Å². The summed E-state index contributed by atoms with van der Waals surface area (Å²) in [6, 6.07) is -3.94. The van der Waals surface area contributed by atoms with E-state index in [1.807, 2.05) is 48.5 Å². The van der Waals surface area contributed by atoms with Crippen molar-refractivity contribution in [2.75, 3.05) is 19.7 Å². The van der Waals surface area contributed by atoms with Crippen LogP contribution in [-0.4, -0.2) is 90.4 Å². The van der Waals surface area contributed by atoms with E-state index in [0.717, 1.165) is 44.9 Å². The van der Waals surface area contributed by atoms with E-state index in [1.165, 1.54) is 6.08 Å². The van der Waals surface area contributed by atoms with Crippen LogP contribution in [0.1, 0.15) is 106 Å². The smallest absolute Gasteiger partial charge is 0.407 e. The van der Waals surface area contributed by atoms with Crippen LogP contribution < -0.4 is 26.6 Å². The minimum atomic E-state index is -1.01. The fourth-order valence-electron chi connectivity index (χ4n) is 7.00. The number of hydrogen-bond donors (Lipinski definition) is 5. The number of nitrogens with zero attached hydrogens (tertiary/aromatic N) is 1. The van der Waals surface area contributed by atoms with E-state index in [0.29, 0.717) is 19.4 Å². The summed E-state index contributed by atoms with van der Waals surface area (Å²) in [5.74, 6) is -2.18. The zero-order valence-corrected chi connectivity index (χ0v) is 30.6. The summed E-state index contributed by atoms with van der Waals surface area (Å²) in [5.41, 5.74) is -1.02. The van der Waals surface area contributed by atoms with Gasteiger partial charge in [0.25, 0.3) is 5.91 Å². The molecule has 3 rings (SSSR count). The second-order valence-electron chi connectivity index (χ2n) is 15.7. The molecule has 2 aliphatic carbocycles. The molecule has 0 aromatic carbocycles. The maximum absolute atomic E-state index is 14.6. The van der Waals surface area contributed by atoms with Gasteiger partial charge in [-0.15, -0.1) is 6.58 Å². The van der Waals surface area contributed by atoms with Crippen LogP contribution in [0.3, 0.4) is 0 Å². The molecular weight excluding hydrogens is 628 g/mol. The number of unbranched alkanes of at least 4 members (excludes halogenated alkanes) is 1. The third-order valence-corrected chi connectivity index (χ3v) is 10.2. The Morgan fingerprint density at radius 2 is 1.67 bits per heavy atom. The van der Waals surface area contributed by atoms with E-state index in [4.69, 9.17) is 4.74 Å². The van der Waals surface area contributed by atoms with E-state index in [1.54, 1.807) is 4.90 Å². The number of rotatable bonds is 16. The van der Waals surface area contributed by atoms with Crippen molar-refractivity contribution in [2.45, 2.75) is 136 Å². The summed E-state index contributed by atoms with van der Waals surface area (Å²) < 4.78 is 5.41. The number of urea groups is 1. The molecule has 5 N–H and O–H groups in total. The van der Waals surface area contributed by atoms with Crippen LogP contribution >= 0.6 is 0 Å². The first-order chi connectivity index (χ1) is 23.0. The molecule has 0 aromatic rings. The molecular formula is C36H60N6O7. The number of ether oxygens (including phenoxy) is 1. The number of carbonyl (C=O) groups is 6. The lowest BCUT2D eigenvalue weighted by molar-refractivity contribution is -0.145. The number of hydrogen-bond acceptors (Lipinski definition) is 7. The number of nitrogens with one attached hydrogen (secondary N) is 5. The summed E-state index contributed by atoms with van der Waals surface area (Å²) >= 11 is 0. The van der Waals surface area contributed by atoms with Gasteiger partial charge in [-0.3, -0.25) is 19.2 Å². The highest BCUT2D eigenvalue weighted by Gasteiger charge is 2.59. The first-order valence-electron chi connectivity index (χ1n) is 18.1. The molecule has 6 amide bonds. The van der Waals surface area contributed by atoms with Crippen LogP contribution in [0, 0.1) is 22.7 Å². The molecule has 0 spiro atoms. The molecule has 276 valence electrons. The Kier molecular flexibility index (Phi) is 14.1. The fourth-order valence-corrected chi connectivity index (χ4v) is 7.00. The first-order valence-corrected chi connectivity index (χ1v) is 18.1. The molecule has 0 bridgehead atoms. The molecule has 3 fully saturated rings. The Balaban J connectivity index is 1.81. The minimum absolute atomic E-state index is 0.0477. The maximum Gasteiger partial charge on any atom is 0.407 e. The highest BCUT2D eigenvalue weighted by Crippen LogP contribution is 2.50. The van der Waals surface area contributed by atoms with E-state index >= 15 is 0 Å². The molecule has 1 heterocycles. The third kappa shape index (κ3) is 10.9.